The summed E-state index contributed by atoms with van der Waals surface area (Å²) >= 11 is 0. The lowest BCUT2D eigenvalue weighted by molar-refractivity contribution is -0.122. The molecule has 0 aliphatic heterocycles. The number of ether oxygens (including phenoxy) is 6. The molecule has 0 heterocycles. The van der Waals surface area contributed by atoms with E-state index in [4.69, 9.17) is 28.4 Å². The maximum absolute atomic E-state index is 12.0. The molecule has 302 valence electrons. The molecule has 4 rings (SSSR count). The van der Waals surface area contributed by atoms with E-state index >= 15 is 0 Å². The summed E-state index contributed by atoms with van der Waals surface area (Å²) in [5.41, 5.74) is 6.00. The highest BCUT2D eigenvalue weighted by Crippen LogP contribution is 2.35. The molecular formula is C45H58N2O9. The van der Waals surface area contributed by atoms with Gasteiger partial charge in [-0.05, 0) is 57.1 Å². The Morgan fingerprint density at radius 1 is 0.571 bits per heavy atom. The number of aldehydes is 1. The average molecular weight is 771 g/mol. The summed E-state index contributed by atoms with van der Waals surface area (Å²) in [6, 6.07) is 23.3. The van der Waals surface area contributed by atoms with Crippen molar-refractivity contribution in [3.05, 3.63) is 106 Å². The lowest BCUT2D eigenvalue weighted by Gasteiger charge is -2.15. The van der Waals surface area contributed by atoms with E-state index in [1.807, 2.05) is 55.5 Å². The highest BCUT2D eigenvalue weighted by atomic mass is 16.5. The van der Waals surface area contributed by atoms with Crippen molar-refractivity contribution in [2.45, 2.75) is 78.8 Å². The predicted molar refractivity (Wildman–Crippen MR) is 219 cm³/mol. The first kappa shape index (κ1) is 44.7. The predicted octanol–water partition coefficient (Wildman–Crippen LogP) is 8.13. The van der Waals surface area contributed by atoms with Gasteiger partial charge in [0.15, 0.2) is 6.29 Å². The highest BCUT2D eigenvalue weighted by molar-refractivity contribution is 5.84. The Morgan fingerprint density at radius 2 is 0.946 bits per heavy atom. The van der Waals surface area contributed by atoms with Gasteiger partial charge in [-0.2, -0.15) is 0 Å². The molecule has 0 spiro atoms. The van der Waals surface area contributed by atoms with Crippen molar-refractivity contribution >= 4 is 18.1 Å². The van der Waals surface area contributed by atoms with E-state index in [1.54, 1.807) is 26.4 Å². The number of benzene rings is 4. The summed E-state index contributed by atoms with van der Waals surface area (Å²) in [6.45, 7) is 8.26. The number of rotatable bonds is 22. The summed E-state index contributed by atoms with van der Waals surface area (Å²) in [5.74, 6) is 3.72. The maximum atomic E-state index is 12.0. The second-order valence-corrected chi connectivity index (χ2v) is 13.2. The molecule has 0 unspecified atom stereocenters. The number of methoxy groups -OCH3 is 4. The minimum Gasteiger partial charge on any atom is -0.496 e. The van der Waals surface area contributed by atoms with Gasteiger partial charge in [0.1, 0.15) is 34.5 Å². The standard InChI is InChI=1S/C23H31NO4.C22H27NO5/c1-5-20-21(26-3)14-19(15-22(20)27-4)28-13-7-6-8-23(25)24-16-18-11-9-17(2)10-12-18;1-16-7-9-17(10-8-16)14-23-22(25)6-4-5-11-28-18-12-20(26-2)19(15-24)21(13-18)27-3/h9-12,14-15H,5-8,13,16H2,1-4H3,(H,24,25);7-10,12-13,15H,4-6,11,14H2,1-3H3,(H,23,25). The largest absolute Gasteiger partial charge is 0.496 e. The number of carbonyl (C=O) groups excluding carboxylic acids is 3. The van der Waals surface area contributed by atoms with Crippen molar-refractivity contribution in [2.24, 2.45) is 0 Å². The molecule has 2 N–H and O–H groups in total. The van der Waals surface area contributed by atoms with Crippen LogP contribution >= 0.6 is 0 Å². The van der Waals surface area contributed by atoms with Crippen molar-refractivity contribution in [1.29, 1.82) is 0 Å². The molecular weight excluding hydrogens is 712 g/mol. The van der Waals surface area contributed by atoms with Crippen LogP contribution in [0.1, 0.15) is 83.6 Å². The molecule has 2 amide bonds. The number of hydrogen-bond donors (Lipinski definition) is 2. The highest BCUT2D eigenvalue weighted by Gasteiger charge is 2.14. The van der Waals surface area contributed by atoms with Crippen LogP contribution in [-0.4, -0.2) is 59.8 Å². The Balaban J connectivity index is 0.000000300. The van der Waals surface area contributed by atoms with Crippen molar-refractivity contribution in [3.63, 3.8) is 0 Å². The molecule has 0 radical (unpaired) electrons. The van der Waals surface area contributed by atoms with E-state index < -0.39 is 0 Å². The van der Waals surface area contributed by atoms with Crippen LogP contribution in [0.3, 0.4) is 0 Å². The molecule has 0 aliphatic rings. The third-order valence-electron chi connectivity index (χ3n) is 8.92. The fraction of sp³-hybridized carbons (Fsp3) is 0.400. The van der Waals surface area contributed by atoms with Crippen molar-refractivity contribution < 1.29 is 42.8 Å². The zero-order chi connectivity index (χ0) is 40.7. The van der Waals surface area contributed by atoms with Gasteiger partial charge in [-0.25, -0.2) is 0 Å². The zero-order valence-electron chi connectivity index (χ0n) is 34.0. The van der Waals surface area contributed by atoms with Crippen LogP contribution in [0.4, 0.5) is 0 Å². The van der Waals surface area contributed by atoms with Crippen LogP contribution in [0.25, 0.3) is 0 Å². The molecule has 0 bridgehead atoms. The molecule has 11 heteroatoms. The first-order valence-corrected chi connectivity index (χ1v) is 19.0. The summed E-state index contributed by atoms with van der Waals surface area (Å²) < 4.78 is 32.8. The fourth-order valence-corrected chi connectivity index (χ4v) is 5.65. The first-order chi connectivity index (χ1) is 27.1. The van der Waals surface area contributed by atoms with Gasteiger partial charge in [-0.15, -0.1) is 0 Å². The molecule has 0 aromatic heterocycles. The summed E-state index contributed by atoms with van der Waals surface area (Å²) in [7, 11) is 6.27. The van der Waals surface area contributed by atoms with Crippen molar-refractivity contribution in [3.8, 4) is 34.5 Å². The van der Waals surface area contributed by atoms with Crippen molar-refractivity contribution in [1.82, 2.24) is 10.6 Å². The second-order valence-electron chi connectivity index (χ2n) is 13.2. The van der Waals surface area contributed by atoms with E-state index in [0.717, 1.165) is 66.0 Å². The van der Waals surface area contributed by atoms with Gasteiger partial charge in [0.2, 0.25) is 11.8 Å². The number of hydrogen-bond acceptors (Lipinski definition) is 9. The maximum Gasteiger partial charge on any atom is 0.220 e. The fourth-order valence-electron chi connectivity index (χ4n) is 5.65. The molecule has 4 aromatic carbocycles. The van der Waals surface area contributed by atoms with Crippen LogP contribution < -0.4 is 39.1 Å². The number of aryl methyl sites for hydroxylation is 2. The van der Waals surface area contributed by atoms with E-state index in [1.165, 1.54) is 25.3 Å². The first-order valence-electron chi connectivity index (χ1n) is 19.0. The van der Waals surface area contributed by atoms with E-state index in [9.17, 15) is 14.4 Å². The third kappa shape index (κ3) is 15.2. The second kappa shape index (κ2) is 24.6. The summed E-state index contributed by atoms with van der Waals surface area (Å²) in [6.07, 6.45) is 5.50. The van der Waals surface area contributed by atoms with Crippen LogP contribution in [0, 0.1) is 13.8 Å². The summed E-state index contributed by atoms with van der Waals surface area (Å²) in [4.78, 5) is 35.1. The SMILES string of the molecule is CCc1c(OC)cc(OCCCCC(=O)NCc2ccc(C)cc2)cc1OC.COc1cc(OCCCCC(=O)NCc2ccc(C)cc2)cc(OC)c1C=O. The quantitative estimate of drug-likeness (QED) is 0.0601. The Labute approximate surface area is 332 Å². The molecule has 0 aliphatic carbocycles. The minimum atomic E-state index is 0.0271. The lowest BCUT2D eigenvalue weighted by atomic mass is 10.1. The Kier molecular flexibility index (Phi) is 19.7. The van der Waals surface area contributed by atoms with Crippen molar-refractivity contribution in [2.75, 3.05) is 41.7 Å². The lowest BCUT2D eigenvalue weighted by Crippen LogP contribution is -2.22. The normalized spacial score (nSPS) is 10.3. The monoisotopic (exact) mass is 770 g/mol. The van der Waals surface area contributed by atoms with Gasteiger partial charge in [0.05, 0.1) is 47.2 Å². The van der Waals surface area contributed by atoms with Gasteiger partial charge in [0, 0.05) is 55.8 Å². The molecule has 56 heavy (non-hydrogen) atoms. The number of carbonyl (C=O) groups is 3. The van der Waals surface area contributed by atoms with E-state index in [2.05, 4.69) is 36.6 Å². The molecule has 0 atom stereocenters. The Morgan fingerprint density at radius 3 is 1.29 bits per heavy atom. The summed E-state index contributed by atoms with van der Waals surface area (Å²) in [5, 5.41) is 5.88. The average Bonchev–Trinajstić information content (AvgIpc) is 3.22. The van der Waals surface area contributed by atoms with Crippen LogP contribution in [0.5, 0.6) is 34.5 Å². The smallest absolute Gasteiger partial charge is 0.220 e. The molecule has 0 saturated heterocycles. The van der Waals surface area contributed by atoms with Gasteiger partial charge in [0.25, 0.3) is 0 Å². The number of nitrogens with one attached hydrogen (secondary N) is 2. The third-order valence-corrected chi connectivity index (χ3v) is 8.92. The van der Waals surface area contributed by atoms with Gasteiger partial charge >= 0.3 is 0 Å². The Bertz CT molecular complexity index is 1760. The van der Waals surface area contributed by atoms with E-state index in [-0.39, 0.29) is 11.8 Å². The molecule has 11 nitrogen and oxygen atoms in total. The topological polar surface area (TPSA) is 131 Å². The number of unbranched alkanes of at least 4 members (excludes halogenated alkanes) is 2. The van der Waals surface area contributed by atoms with Gasteiger partial charge in [-0.3, -0.25) is 14.4 Å². The van der Waals surface area contributed by atoms with Crippen LogP contribution in [-0.2, 0) is 29.1 Å². The number of amides is 2. The van der Waals surface area contributed by atoms with Gasteiger partial charge in [-0.1, -0.05) is 66.6 Å². The Hall–Kier alpha value is -5.71. The molecule has 0 saturated carbocycles. The molecule has 0 fully saturated rings. The van der Waals surface area contributed by atoms with E-state index in [0.29, 0.717) is 68.2 Å². The van der Waals surface area contributed by atoms with Gasteiger partial charge < -0.3 is 39.1 Å². The molecule has 4 aromatic rings. The van der Waals surface area contributed by atoms with Crippen LogP contribution in [0.15, 0.2) is 72.8 Å². The van der Waals surface area contributed by atoms with Crippen LogP contribution in [0.2, 0.25) is 0 Å². The minimum absolute atomic E-state index is 0.0271. The zero-order valence-corrected chi connectivity index (χ0v) is 34.0.